The topological polar surface area (TPSA) is 46.3 Å². The first-order chi connectivity index (χ1) is 6.63. The molecule has 1 atom stereocenters. The van der Waals surface area contributed by atoms with Crippen molar-refractivity contribution in [3.8, 4) is 0 Å². The molecule has 0 aromatic carbocycles. The van der Waals surface area contributed by atoms with Crippen molar-refractivity contribution in [3.05, 3.63) is 0 Å². The zero-order valence-corrected chi connectivity index (χ0v) is 10.3. The molecule has 0 fully saturated rings. The smallest absolute Gasteiger partial charge is 0.225 e. The zero-order valence-electron chi connectivity index (χ0n) is 9.45. The van der Waals surface area contributed by atoms with Crippen molar-refractivity contribution in [1.29, 1.82) is 0 Å². The van der Waals surface area contributed by atoms with E-state index >= 15 is 0 Å². The summed E-state index contributed by atoms with van der Waals surface area (Å²) in [6.45, 7) is 3.49. The molecule has 3 nitrogen and oxygen atoms in total. The Kier molecular flexibility index (Phi) is 7.99. The highest BCUT2D eigenvalue weighted by Gasteiger charge is 2.15. The van der Waals surface area contributed by atoms with E-state index in [1.165, 1.54) is 0 Å². The third kappa shape index (κ3) is 5.50. The molecule has 0 aromatic rings. The van der Waals surface area contributed by atoms with Crippen molar-refractivity contribution >= 4 is 17.7 Å². The van der Waals surface area contributed by atoms with Crippen LogP contribution in [0.25, 0.3) is 0 Å². The fourth-order valence-corrected chi connectivity index (χ4v) is 1.72. The minimum atomic E-state index is 0.116. The number of hydrogen-bond donors (Lipinski definition) is 1. The predicted octanol–water partition coefficient (Wildman–Crippen LogP) is 1.18. The van der Waals surface area contributed by atoms with Gasteiger partial charge in [0.25, 0.3) is 0 Å². The number of nitrogens with two attached hydrogens (primary N) is 1. The van der Waals surface area contributed by atoms with Gasteiger partial charge in [0.05, 0.1) is 0 Å². The van der Waals surface area contributed by atoms with Gasteiger partial charge >= 0.3 is 0 Å². The summed E-state index contributed by atoms with van der Waals surface area (Å²) in [6, 6.07) is 0. The molecule has 0 aliphatic rings. The average Bonchev–Trinajstić information content (AvgIpc) is 2.21. The van der Waals surface area contributed by atoms with Crippen molar-refractivity contribution < 1.29 is 4.79 Å². The lowest BCUT2D eigenvalue weighted by Gasteiger charge is -2.20. The van der Waals surface area contributed by atoms with E-state index in [9.17, 15) is 4.79 Å². The van der Waals surface area contributed by atoms with Crippen molar-refractivity contribution in [1.82, 2.24) is 4.90 Å². The fraction of sp³-hybridized carbons (Fsp3) is 0.900. The summed E-state index contributed by atoms with van der Waals surface area (Å²) in [4.78, 5) is 13.5. The van der Waals surface area contributed by atoms with Crippen LogP contribution in [0.2, 0.25) is 0 Å². The number of carbonyl (C=O) groups excluding carboxylic acids is 1. The van der Waals surface area contributed by atoms with E-state index in [1.54, 1.807) is 11.8 Å². The third-order valence-electron chi connectivity index (χ3n) is 2.27. The monoisotopic (exact) mass is 218 g/mol. The van der Waals surface area contributed by atoms with Gasteiger partial charge in [-0.25, -0.2) is 0 Å². The number of rotatable bonds is 7. The summed E-state index contributed by atoms with van der Waals surface area (Å²) in [7, 11) is 1.87. The van der Waals surface area contributed by atoms with Crippen LogP contribution in [0.1, 0.15) is 19.8 Å². The Morgan fingerprint density at radius 2 is 2.21 bits per heavy atom. The molecule has 0 rings (SSSR count). The summed E-state index contributed by atoms with van der Waals surface area (Å²) in [5, 5.41) is 0. The first-order valence-corrected chi connectivity index (χ1v) is 6.46. The van der Waals surface area contributed by atoms with Crippen LogP contribution >= 0.6 is 11.8 Å². The van der Waals surface area contributed by atoms with Gasteiger partial charge in [0.1, 0.15) is 0 Å². The van der Waals surface area contributed by atoms with Gasteiger partial charge in [0.15, 0.2) is 0 Å². The maximum Gasteiger partial charge on any atom is 0.225 e. The molecule has 4 heteroatoms. The quantitative estimate of drug-likeness (QED) is 0.698. The highest BCUT2D eigenvalue weighted by Crippen LogP contribution is 2.08. The van der Waals surface area contributed by atoms with Crippen molar-refractivity contribution in [3.63, 3.8) is 0 Å². The Bertz CT molecular complexity index is 148. The maximum absolute atomic E-state index is 11.7. The number of carbonyl (C=O) groups is 1. The lowest BCUT2D eigenvalue weighted by Crippen LogP contribution is -2.33. The van der Waals surface area contributed by atoms with Crippen LogP contribution in [0.3, 0.4) is 0 Å². The van der Waals surface area contributed by atoms with E-state index in [4.69, 9.17) is 5.73 Å². The van der Waals surface area contributed by atoms with Crippen LogP contribution < -0.4 is 5.73 Å². The van der Waals surface area contributed by atoms with E-state index in [0.29, 0.717) is 6.54 Å². The second-order valence-electron chi connectivity index (χ2n) is 3.58. The number of nitrogens with zero attached hydrogens (tertiary/aromatic N) is 1. The van der Waals surface area contributed by atoms with Gasteiger partial charge in [-0.1, -0.05) is 6.92 Å². The zero-order chi connectivity index (χ0) is 11.0. The molecule has 0 bridgehead atoms. The van der Waals surface area contributed by atoms with E-state index in [1.807, 2.05) is 18.9 Å². The lowest BCUT2D eigenvalue weighted by atomic mass is 10.0. The summed E-state index contributed by atoms with van der Waals surface area (Å²) in [5.74, 6) is 1.36. The molecule has 0 aromatic heterocycles. The third-order valence-corrected chi connectivity index (χ3v) is 2.86. The van der Waals surface area contributed by atoms with Crippen LogP contribution in [0.4, 0.5) is 0 Å². The fourth-order valence-electron chi connectivity index (χ4n) is 1.26. The molecule has 0 heterocycles. The van der Waals surface area contributed by atoms with Gasteiger partial charge < -0.3 is 10.6 Å². The van der Waals surface area contributed by atoms with Crippen LogP contribution in [-0.2, 0) is 4.79 Å². The Hall–Kier alpha value is -0.220. The van der Waals surface area contributed by atoms with Crippen molar-refractivity contribution in [2.24, 2.45) is 11.7 Å². The van der Waals surface area contributed by atoms with Crippen LogP contribution in [0.15, 0.2) is 0 Å². The van der Waals surface area contributed by atoms with Crippen LogP contribution in [-0.4, -0.2) is 43.0 Å². The molecular formula is C10H22N2OS. The SMILES string of the molecule is CSCCN(C)C(=O)C(C)CCCN. The molecule has 1 amide bonds. The Morgan fingerprint density at radius 3 is 2.71 bits per heavy atom. The first kappa shape index (κ1) is 13.8. The summed E-state index contributed by atoms with van der Waals surface area (Å²) >= 11 is 1.76. The maximum atomic E-state index is 11.7. The number of hydrogen-bond acceptors (Lipinski definition) is 3. The molecule has 0 spiro atoms. The van der Waals surface area contributed by atoms with E-state index in [-0.39, 0.29) is 11.8 Å². The summed E-state index contributed by atoms with van der Waals surface area (Å²) in [5.41, 5.74) is 5.41. The number of amides is 1. The Balaban J connectivity index is 3.78. The van der Waals surface area contributed by atoms with Gasteiger partial charge in [-0.2, -0.15) is 11.8 Å². The molecule has 0 aliphatic heterocycles. The minimum absolute atomic E-state index is 0.116. The van der Waals surface area contributed by atoms with E-state index in [2.05, 4.69) is 6.26 Å². The molecular weight excluding hydrogens is 196 g/mol. The Morgan fingerprint density at radius 1 is 1.57 bits per heavy atom. The van der Waals surface area contributed by atoms with Crippen LogP contribution in [0.5, 0.6) is 0 Å². The van der Waals surface area contributed by atoms with Gasteiger partial charge in [0.2, 0.25) is 5.91 Å². The lowest BCUT2D eigenvalue weighted by molar-refractivity contribution is -0.133. The van der Waals surface area contributed by atoms with Gasteiger partial charge in [-0.05, 0) is 25.6 Å². The summed E-state index contributed by atoms with van der Waals surface area (Å²) < 4.78 is 0. The Labute approximate surface area is 91.4 Å². The standard InChI is InChI=1S/C10H22N2OS/c1-9(5-4-6-11)10(13)12(2)7-8-14-3/h9H,4-8,11H2,1-3H3. The first-order valence-electron chi connectivity index (χ1n) is 5.07. The van der Waals surface area contributed by atoms with Gasteiger partial charge in [-0.3, -0.25) is 4.79 Å². The second kappa shape index (κ2) is 8.12. The second-order valence-corrected chi connectivity index (χ2v) is 4.57. The predicted molar refractivity (Wildman–Crippen MR) is 63.5 cm³/mol. The molecule has 0 aliphatic carbocycles. The average molecular weight is 218 g/mol. The summed E-state index contributed by atoms with van der Waals surface area (Å²) in [6.07, 6.45) is 3.89. The highest BCUT2D eigenvalue weighted by atomic mass is 32.2. The van der Waals surface area contributed by atoms with Gasteiger partial charge in [-0.15, -0.1) is 0 Å². The van der Waals surface area contributed by atoms with Crippen LogP contribution in [0, 0.1) is 5.92 Å². The molecule has 1 unspecified atom stereocenters. The molecule has 14 heavy (non-hydrogen) atoms. The molecule has 84 valence electrons. The highest BCUT2D eigenvalue weighted by molar-refractivity contribution is 7.98. The molecule has 0 saturated heterocycles. The van der Waals surface area contributed by atoms with Crippen molar-refractivity contribution in [2.45, 2.75) is 19.8 Å². The number of thioether (sulfide) groups is 1. The van der Waals surface area contributed by atoms with Gasteiger partial charge in [0, 0.05) is 25.3 Å². The largest absolute Gasteiger partial charge is 0.345 e. The van der Waals surface area contributed by atoms with E-state index < -0.39 is 0 Å². The normalized spacial score (nSPS) is 12.6. The van der Waals surface area contributed by atoms with E-state index in [0.717, 1.165) is 25.1 Å². The molecule has 0 saturated carbocycles. The molecule has 2 N–H and O–H groups in total. The molecule has 0 radical (unpaired) electrons. The minimum Gasteiger partial charge on any atom is -0.345 e. The van der Waals surface area contributed by atoms with Crippen molar-refractivity contribution in [2.75, 3.05) is 32.1 Å².